The van der Waals surface area contributed by atoms with Crippen LogP contribution in [-0.4, -0.2) is 37.0 Å². The predicted octanol–water partition coefficient (Wildman–Crippen LogP) is 1.45. The standard InChI is InChI=1S/C19H25N7S/c1-14(20)11-16(21)23-17-12-18(26-9-7-22-8-10-26)25-19(24-17)27-13-15-5-3-2-4-6-15/h2-6,11-12,22H,7-10,13,20H2,1H3,(H2,21,23,24,25)/p+1/b14-11-. The van der Waals surface area contributed by atoms with E-state index in [2.05, 4.69) is 37.3 Å². The largest absolute Gasteiger partial charge is 0.402 e. The molecule has 1 aliphatic rings. The number of nitrogens with zero attached hydrogens (tertiary/aromatic N) is 3. The molecule has 0 atom stereocenters. The minimum Gasteiger partial charge on any atom is -0.402 e. The van der Waals surface area contributed by atoms with Gasteiger partial charge >= 0.3 is 0 Å². The number of piperazine rings is 1. The lowest BCUT2D eigenvalue weighted by atomic mass is 10.2. The van der Waals surface area contributed by atoms with Gasteiger partial charge in [-0.25, -0.2) is 4.98 Å². The van der Waals surface area contributed by atoms with E-state index in [1.54, 1.807) is 24.8 Å². The lowest BCUT2D eigenvalue weighted by molar-refractivity contribution is -0.420. The number of anilines is 1. The molecule has 0 saturated carbocycles. The van der Waals surface area contributed by atoms with Gasteiger partial charge in [0.15, 0.2) is 0 Å². The van der Waals surface area contributed by atoms with Crippen molar-refractivity contribution in [2.75, 3.05) is 31.1 Å². The Morgan fingerprint density at radius 2 is 2.04 bits per heavy atom. The summed E-state index contributed by atoms with van der Waals surface area (Å²) in [5, 5.41) is 4.18. The van der Waals surface area contributed by atoms with Crippen molar-refractivity contribution in [2.24, 2.45) is 16.5 Å². The number of aromatic amines is 1. The Hall–Kier alpha value is -2.58. The Bertz CT molecular complexity index is 810. The molecule has 1 aromatic heterocycles. The van der Waals surface area contributed by atoms with Crippen LogP contribution < -0.4 is 26.7 Å². The highest BCUT2D eigenvalue weighted by Gasteiger charge is 2.20. The van der Waals surface area contributed by atoms with Gasteiger partial charge in [0.05, 0.1) is 19.2 Å². The van der Waals surface area contributed by atoms with Gasteiger partial charge in [-0.15, -0.1) is 0 Å². The zero-order valence-electron chi connectivity index (χ0n) is 15.5. The van der Waals surface area contributed by atoms with E-state index in [-0.39, 0.29) is 0 Å². The number of benzene rings is 1. The molecule has 0 bridgehead atoms. The Balaban J connectivity index is 1.86. The SMILES string of the molecule is C/C(N)=C/C(N)=Nc1cc(N2CCNCC2)[nH+]c(SCc2ccccc2)n1. The summed E-state index contributed by atoms with van der Waals surface area (Å²) in [5.74, 6) is 2.75. The van der Waals surface area contributed by atoms with E-state index in [0.29, 0.717) is 17.4 Å². The third-order valence-corrected chi connectivity index (χ3v) is 4.96. The molecule has 0 aliphatic carbocycles. The zero-order chi connectivity index (χ0) is 19.1. The van der Waals surface area contributed by atoms with Crippen LogP contribution in [0, 0.1) is 0 Å². The molecule has 0 spiro atoms. The van der Waals surface area contributed by atoms with E-state index in [9.17, 15) is 0 Å². The quantitative estimate of drug-likeness (QED) is 0.301. The van der Waals surface area contributed by atoms with Crippen molar-refractivity contribution in [3.8, 4) is 0 Å². The molecule has 1 aliphatic heterocycles. The van der Waals surface area contributed by atoms with E-state index in [1.165, 1.54) is 5.56 Å². The number of nitrogens with one attached hydrogen (secondary N) is 2. The van der Waals surface area contributed by atoms with Gasteiger partial charge in [-0.1, -0.05) is 35.3 Å². The number of rotatable bonds is 6. The molecule has 8 heteroatoms. The average molecular weight is 385 g/mol. The molecule has 2 heterocycles. The van der Waals surface area contributed by atoms with Crippen molar-refractivity contribution in [1.82, 2.24) is 10.3 Å². The van der Waals surface area contributed by atoms with Crippen LogP contribution in [-0.2, 0) is 5.75 Å². The van der Waals surface area contributed by atoms with E-state index in [4.69, 9.17) is 11.5 Å². The molecule has 2 aromatic rings. The van der Waals surface area contributed by atoms with E-state index in [0.717, 1.165) is 42.9 Å². The average Bonchev–Trinajstić information content (AvgIpc) is 2.67. The molecular formula is C19H26N7S+. The van der Waals surface area contributed by atoms with Gasteiger partial charge in [-0.3, -0.25) is 4.90 Å². The van der Waals surface area contributed by atoms with Crippen molar-refractivity contribution < 1.29 is 4.98 Å². The minimum absolute atomic E-state index is 0.346. The number of H-pyrrole nitrogens is 1. The Labute approximate surface area is 164 Å². The molecular weight excluding hydrogens is 358 g/mol. The Morgan fingerprint density at radius 3 is 2.74 bits per heavy atom. The van der Waals surface area contributed by atoms with Crippen LogP contribution in [0.3, 0.4) is 0 Å². The van der Waals surface area contributed by atoms with Crippen LogP contribution >= 0.6 is 11.8 Å². The fourth-order valence-electron chi connectivity index (χ4n) is 2.76. The third kappa shape index (κ3) is 5.97. The molecule has 0 unspecified atom stereocenters. The van der Waals surface area contributed by atoms with Crippen LogP contribution in [0.1, 0.15) is 12.5 Å². The fourth-order valence-corrected chi connectivity index (χ4v) is 3.59. The smallest absolute Gasteiger partial charge is 0.298 e. The second-order valence-corrected chi connectivity index (χ2v) is 7.33. The van der Waals surface area contributed by atoms with Crippen molar-refractivity contribution in [3.05, 3.63) is 53.7 Å². The minimum atomic E-state index is 0.346. The van der Waals surface area contributed by atoms with Gasteiger partial charge in [0.1, 0.15) is 5.84 Å². The van der Waals surface area contributed by atoms with Gasteiger partial charge in [-0.05, 0) is 30.3 Å². The van der Waals surface area contributed by atoms with Crippen molar-refractivity contribution in [3.63, 3.8) is 0 Å². The first-order valence-corrected chi connectivity index (χ1v) is 9.93. The maximum absolute atomic E-state index is 5.96. The molecule has 0 radical (unpaired) electrons. The van der Waals surface area contributed by atoms with E-state index < -0.39 is 0 Å². The second kappa shape index (κ2) is 9.38. The zero-order valence-corrected chi connectivity index (χ0v) is 16.3. The van der Waals surface area contributed by atoms with Crippen LogP contribution in [0.4, 0.5) is 11.6 Å². The number of amidine groups is 1. The highest BCUT2D eigenvalue weighted by Crippen LogP contribution is 2.23. The number of allylic oxidation sites excluding steroid dienone is 1. The van der Waals surface area contributed by atoms with Crippen LogP contribution in [0.25, 0.3) is 0 Å². The number of hydrogen-bond acceptors (Lipinski definition) is 6. The molecule has 27 heavy (non-hydrogen) atoms. The summed E-state index contributed by atoms with van der Waals surface area (Å²) in [7, 11) is 0. The number of nitrogens with two attached hydrogens (primary N) is 2. The molecule has 142 valence electrons. The van der Waals surface area contributed by atoms with Crippen molar-refractivity contribution >= 4 is 29.2 Å². The maximum atomic E-state index is 5.96. The number of aliphatic imine (C=N–C) groups is 1. The summed E-state index contributed by atoms with van der Waals surface area (Å²) in [4.78, 5) is 14.8. The molecule has 1 aromatic carbocycles. The number of thioether (sulfide) groups is 1. The Kier molecular flexibility index (Phi) is 6.67. The highest BCUT2D eigenvalue weighted by molar-refractivity contribution is 7.98. The molecule has 6 N–H and O–H groups in total. The molecule has 7 nitrogen and oxygen atoms in total. The molecule has 1 fully saturated rings. The van der Waals surface area contributed by atoms with Gasteiger partial charge < -0.3 is 16.8 Å². The topological polar surface area (TPSA) is 107 Å². The van der Waals surface area contributed by atoms with E-state index >= 15 is 0 Å². The van der Waals surface area contributed by atoms with Gasteiger partial charge in [0.25, 0.3) is 5.16 Å². The summed E-state index contributed by atoms with van der Waals surface area (Å²) in [5.41, 5.74) is 13.5. The number of hydrogen-bond donors (Lipinski definition) is 3. The highest BCUT2D eigenvalue weighted by atomic mass is 32.2. The lowest BCUT2D eigenvalue weighted by Gasteiger charge is -2.24. The van der Waals surface area contributed by atoms with Crippen molar-refractivity contribution in [2.45, 2.75) is 17.8 Å². The fraction of sp³-hybridized carbons (Fsp3) is 0.316. The first-order chi connectivity index (χ1) is 13.1. The summed E-state index contributed by atoms with van der Waals surface area (Å²) in [6.07, 6.45) is 1.64. The first-order valence-electron chi connectivity index (χ1n) is 8.95. The molecule has 1 saturated heterocycles. The van der Waals surface area contributed by atoms with Crippen LogP contribution in [0.2, 0.25) is 0 Å². The first kappa shape index (κ1) is 19.2. The predicted molar refractivity (Wildman–Crippen MR) is 111 cm³/mol. The Morgan fingerprint density at radius 1 is 1.30 bits per heavy atom. The maximum Gasteiger partial charge on any atom is 0.298 e. The summed E-state index contributed by atoms with van der Waals surface area (Å²) < 4.78 is 0. The second-order valence-electron chi connectivity index (χ2n) is 6.37. The monoisotopic (exact) mass is 384 g/mol. The van der Waals surface area contributed by atoms with Crippen LogP contribution in [0.15, 0.2) is 58.3 Å². The van der Waals surface area contributed by atoms with Gasteiger partial charge in [0, 0.05) is 24.5 Å². The van der Waals surface area contributed by atoms with Crippen LogP contribution in [0.5, 0.6) is 0 Å². The number of aromatic nitrogens is 2. The summed E-state index contributed by atoms with van der Waals surface area (Å²) >= 11 is 1.65. The summed E-state index contributed by atoms with van der Waals surface area (Å²) in [6, 6.07) is 12.3. The van der Waals surface area contributed by atoms with E-state index in [1.807, 2.05) is 24.3 Å². The summed E-state index contributed by atoms with van der Waals surface area (Å²) in [6.45, 7) is 5.56. The molecule has 0 amide bonds. The normalized spacial score (nSPS) is 15.8. The van der Waals surface area contributed by atoms with Crippen molar-refractivity contribution in [1.29, 1.82) is 0 Å². The lowest BCUT2D eigenvalue weighted by Crippen LogP contribution is -2.45. The third-order valence-electron chi connectivity index (χ3n) is 4.01. The van der Waals surface area contributed by atoms with Gasteiger partial charge in [-0.2, -0.15) is 4.99 Å². The van der Waals surface area contributed by atoms with Gasteiger partial charge in [0.2, 0.25) is 11.6 Å². The molecule has 3 rings (SSSR count).